The molecular weight excluding hydrogens is 334 g/mol. The maximum Gasteiger partial charge on any atom is 0.263 e. The number of aliphatic hydroxyl groups is 1. The SMILES string of the molecule is COc1ccc(NS(=O)(=O)c2c(C)csc2CO)cc1Cl. The Morgan fingerprint density at radius 1 is 1.43 bits per heavy atom. The summed E-state index contributed by atoms with van der Waals surface area (Å²) in [6.07, 6.45) is 0. The normalized spacial score (nSPS) is 11.4. The number of methoxy groups -OCH3 is 1. The zero-order chi connectivity index (χ0) is 15.6. The van der Waals surface area contributed by atoms with Gasteiger partial charge >= 0.3 is 0 Å². The lowest BCUT2D eigenvalue weighted by Crippen LogP contribution is -2.15. The maximum absolute atomic E-state index is 12.4. The van der Waals surface area contributed by atoms with E-state index in [0.717, 1.165) is 0 Å². The van der Waals surface area contributed by atoms with Gasteiger partial charge < -0.3 is 9.84 Å². The first kappa shape index (κ1) is 16.1. The van der Waals surface area contributed by atoms with Crippen molar-refractivity contribution in [3.63, 3.8) is 0 Å². The summed E-state index contributed by atoms with van der Waals surface area (Å²) in [5.41, 5.74) is 0.923. The summed E-state index contributed by atoms with van der Waals surface area (Å²) in [5.74, 6) is 0.461. The third-order valence-corrected chi connectivity index (χ3v) is 5.93. The summed E-state index contributed by atoms with van der Waals surface area (Å²) in [5, 5.41) is 11.3. The lowest BCUT2D eigenvalue weighted by atomic mass is 10.3. The molecule has 0 amide bonds. The molecule has 5 nitrogen and oxygen atoms in total. The number of rotatable bonds is 5. The molecule has 2 aromatic rings. The number of anilines is 1. The van der Waals surface area contributed by atoms with Gasteiger partial charge in [-0.3, -0.25) is 4.72 Å². The van der Waals surface area contributed by atoms with Crippen LogP contribution in [0.15, 0.2) is 28.5 Å². The first-order chi connectivity index (χ1) is 9.89. The molecule has 0 saturated carbocycles. The van der Waals surface area contributed by atoms with Gasteiger partial charge in [0, 0.05) is 0 Å². The lowest BCUT2D eigenvalue weighted by Gasteiger charge is -2.11. The molecule has 0 aliphatic rings. The van der Waals surface area contributed by atoms with Crippen LogP contribution in [-0.4, -0.2) is 20.6 Å². The van der Waals surface area contributed by atoms with Gasteiger partial charge in [0.05, 0.1) is 29.3 Å². The molecule has 114 valence electrons. The Morgan fingerprint density at radius 2 is 2.14 bits per heavy atom. The van der Waals surface area contributed by atoms with Crippen LogP contribution >= 0.6 is 22.9 Å². The molecule has 0 radical (unpaired) electrons. The number of hydrogen-bond acceptors (Lipinski definition) is 5. The number of aryl methyl sites for hydroxylation is 1. The highest BCUT2D eigenvalue weighted by Gasteiger charge is 2.23. The van der Waals surface area contributed by atoms with Crippen molar-refractivity contribution in [2.45, 2.75) is 18.4 Å². The molecule has 0 fully saturated rings. The van der Waals surface area contributed by atoms with E-state index in [1.54, 1.807) is 24.4 Å². The standard InChI is InChI=1S/C13H14ClNO4S2/c1-8-7-20-12(6-16)13(8)21(17,18)15-9-3-4-11(19-2)10(14)5-9/h3-5,7,15-16H,6H2,1-2H3. The van der Waals surface area contributed by atoms with Gasteiger partial charge in [0.2, 0.25) is 0 Å². The Bertz CT molecular complexity index is 756. The summed E-state index contributed by atoms with van der Waals surface area (Å²) in [7, 11) is -2.30. The first-order valence-electron chi connectivity index (χ1n) is 5.93. The second kappa shape index (κ2) is 6.23. The largest absolute Gasteiger partial charge is 0.495 e. The summed E-state index contributed by atoms with van der Waals surface area (Å²) >= 11 is 7.18. The minimum Gasteiger partial charge on any atom is -0.495 e. The number of ether oxygens (including phenoxy) is 1. The number of sulfonamides is 1. The van der Waals surface area contributed by atoms with Crippen LogP contribution in [0, 0.1) is 6.92 Å². The third kappa shape index (κ3) is 3.32. The van der Waals surface area contributed by atoms with Crippen molar-refractivity contribution in [1.82, 2.24) is 0 Å². The molecule has 0 aliphatic carbocycles. The van der Waals surface area contributed by atoms with Gasteiger partial charge in [0.15, 0.2) is 0 Å². The van der Waals surface area contributed by atoms with Crippen LogP contribution in [0.2, 0.25) is 5.02 Å². The predicted molar refractivity (Wildman–Crippen MR) is 83.8 cm³/mol. The van der Waals surface area contributed by atoms with Crippen LogP contribution in [0.1, 0.15) is 10.4 Å². The Morgan fingerprint density at radius 3 is 2.71 bits per heavy atom. The molecule has 0 aliphatic heterocycles. The molecule has 2 N–H and O–H groups in total. The number of halogens is 1. The van der Waals surface area contributed by atoms with E-state index >= 15 is 0 Å². The Balaban J connectivity index is 2.37. The monoisotopic (exact) mass is 347 g/mol. The molecule has 0 spiro atoms. The van der Waals surface area contributed by atoms with Crippen molar-refractivity contribution in [1.29, 1.82) is 0 Å². The third-order valence-electron chi connectivity index (χ3n) is 2.81. The van der Waals surface area contributed by atoms with Crippen molar-refractivity contribution in [2.75, 3.05) is 11.8 Å². The van der Waals surface area contributed by atoms with Gasteiger partial charge in [0.25, 0.3) is 10.0 Å². The summed E-state index contributed by atoms with van der Waals surface area (Å²) in [4.78, 5) is 0.515. The van der Waals surface area contributed by atoms with E-state index in [-0.39, 0.29) is 11.5 Å². The van der Waals surface area contributed by atoms with E-state index < -0.39 is 10.0 Å². The fourth-order valence-electron chi connectivity index (χ4n) is 1.89. The molecule has 0 bridgehead atoms. The molecule has 2 rings (SSSR count). The van der Waals surface area contributed by atoms with Gasteiger partial charge in [-0.15, -0.1) is 11.3 Å². The van der Waals surface area contributed by atoms with E-state index in [9.17, 15) is 13.5 Å². The van der Waals surface area contributed by atoms with E-state index in [1.807, 2.05) is 0 Å². The van der Waals surface area contributed by atoms with Crippen LogP contribution in [0.25, 0.3) is 0 Å². The molecule has 0 atom stereocenters. The minimum atomic E-state index is -3.78. The van der Waals surface area contributed by atoms with E-state index in [1.165, 1.54) is 24.5 Å². The molecule has 1 aromatic heterocycles. The topological polar surface area (TPSA) is 75.6 Å². The molecular formula is C13H14ClNO4S2. The molecule has 0 saturated heterocycles. The zero-order valence-electron chi connectivity index (χ0n) is 11.4. The maximum atomic E-state index is 12.4. The Hall–Kier alpha value is -1.28. The average Bonchev–Trinajstić information content (AvgIpc) is 2.80. The van der Waals surface area contributed by atoms with Crippen molar-refractivity contribution >= 4 is 38.6 Å². The minimum absolute atomic E-state index is 0.113. The van der Waals surface area contributed by atoms with Crippen molar-refractivity contribution in [2.24, 2.45) is 0 Å². The number of hydrogen-bond donors (Lipinski definition) is 2. The number of thiophene rings is 1. The molecule has 8 heteroatoms. The van der Waals surface area contributed by atoms with Crippen LogP contribution in [0.5, 0.6) is 5.75 Å². The highest BCUT2D eigenvalue weighted by atomic mass is 35.5. The van der Waals surface area contributed by atoms with Crippen LogP contribution in [0.4, 0.5) is 5.69 Å². The van der Waals surface area contributed by atoms with Crippen molar-refractivity contribution in [3.8, 4) is 5.75 Å². The van der Waals surface area contributed by atoms with Gasteiger partial charge in [-0.25, -0.2) is 8.42 Å². The van der Waals surface area contributed by atoms with E-state index in [0.29, 0.717) is 26.9 Å². The second-order valence-corrected chi connectivity index (χ2v) is 7.27. The number of aliphatic hydroxyl groups excluding tert-OH is 1. The molecule has 1 heterocycles. The van der Waals surface area contributed by atoms with Gasteiger partial charge in [-0.05, 0) is 36.1 Å². The second-order valence-electron chi connectivity index (χ2n) is 4.28. The van der Waals surface area contributed by atoms with Gasteiger partial charge in [-0.2, -0.15) is 0 Å². The lowest BCUT2D eigenvalue weighted by molar-refractivity contribution is 0.282. The smallest absolute Gasteiger partial charge is 0.263 e. The predicted octanol–water partition coefficient (Wildman–Crippen LogP) is 3.01. The fraction of sp³-hybridized carbons (Fsp3) is 0.231. The number of benzene rings is 1. The van der Waals surface area contributed by atoms with Crippen LogP contribution in [0.3, 0.4) is 0 Å². The summed E-state index contributed by atoms with van der Waals surface area (Å²) < 4.78 is 32.4. The Kier molecular flexibility index (Phi) is 4.77. The van der Waals surface area contributed by atoms with E-state index in [4.69, 9.17) is 16.3 Å². The highest BCUT2D eigenvalue weighted by Crippen LogP contribution is 2.31. The Labute approximate surface area is 132 Å². The van der Waals surface area contributed by atoms with Crippen molar-refractivity contribution < 1.29 is 18.3 Å². The van der Waals surface area contributed by atoms with Gasteiger partial charge in [0.1, 0.15) is 10.6 Å². The quantitative estimate of drug-likeness (QED) is 0.871. The molecule has 1 aromatic carbocycles. The first-order valence-corrected chi connectivity index (χ1v) is 8.67. The van der Waals surface area contributed by atoms with Crippen molar-refractivity contribution in [3.05, 3.63) is 39.0 Å². The fourth-order valence-corrected chi connectivity index (χ4v) is 4.87. The zero-order valence-corrected chi connectivity index (χ0v) is 13.8. The average molecular weight is 348 g/mol. The highest BCUT2D eigenvalue weighted by molar-refractivity contribution is 7.93. The molecule has 21 heavy (non-hydrogen) atoms. The molecule has 0 unspecified atom stereocenters. The van der Waals surface area contributed by atoms with E-state index in [2.05, 4.69) is 4.72 Å². The summed E-state index contributed by atoms with van der Waals surface area (Å²) in [6.45, 7) is 1.36. The number of nitrogens with one attached hydrogen (secondary N) is 1. The van der Waals surface area contributed by atoms with Gasteiger partial charge in [-0.1, -0.05) is 11.6 Å². The van der Waals surface area contributed by atoms with Crippen LogP contribution < -0.4 is 9.46 Å². The summed E-state index contributed by atoms with van der Waals surface area (Å²) in [6, 6.07) is 4.61. The van der Waals surface area contributed by atoms with Crippen LogP contribution in [-0.2, 0) is 16.6 Å².